The highest BCUT2D eigenvalue weighted by molar-refractivity contribution is 5.81. The topological polar surface area (TPSA) is 41.1 Å². The van der Waals surface area contributed by atoms with Gasteiger partial charge in [0.15, 0.2) is 0 Å². The zero-order chi connectivity index (χ0) is 12.8. The molecule has 1 aromatic carbocycles. The van der Waals surface area contributed by atoms with Gasteiger partial charge in [-0.3, -0.25) is 4.79 Å². The third-order valence-electron chi connectivity index (χ3n) is 3.42. The summed E-state index contributed by atoms with van der Waals surface area (Å²) in [5, 5.41) is 6.28. The summed E-state index contributed by atoms with van der Waals surface area (Å²) in [6.45, 7) is 3.78. The average Bonchev–Trinajstić information content (AvgIpc) is 2.40. The van der Waals surface area contributed by atoms with Gasteiger partial charge in [0.05, 0.1) is 6.04 Å². The van der Waals surface area contributed by atoms with E-state index in [1.54, 1.807) is 0 Å². The molecule has 1 aliphatic rings. The highest BCUT2D eigenvalue weighted by Crippen LogP contribution is 2.07. The summed E-state index contributed by atoms with van der Waals surface area (Å²) in [7, 11) is 0. The number of hydrogen-bond donors (Lipinski definition) is 2. The Kier molecular flexibility index (Phi) is 4.76. The van der Waals surface area contributed by atoms with Crippen LogP contribution in [0.2, 0.25) is 0 Å². The lowest BCUT2D eigenvalue weighted by Crippen LogP contribution is -2.47. The molecule has 0 aliphatic carbocycles. The standard InChI is InChI=1S/C15H22N2O/c1-12-5-4-6-13(11-12)8-10-17-15(18)14-7-2-3-9-16-14/h4-6,11,14,16H,2-3,7-10H2,1H3,(H,17,18)/t14-/m1/s1. The number of carbonyl (C=O) groups excluding carboxylic acids is 1. The van der Waals surface area contributed by atoms with Gasteiger partial charge < -0.3 is 10.6 Å². The van der Waals surface area contributed by atoms with Crippen molar-refractivity contribution in [1.29, 1.82) is 0 Å². The Hall–Kier alpha value is -1.35. The van der Waals surface area contributed by atoms with Gasteiger partial charge in [0.25, 0.3) is 0 Å². The van der Waals surface area contributed by atoms with E-state index in [4.69, 9.17) is 0 Å². The first-order valence-corrected chi connectivity index (χ1v) is 6.82. The molecular weight excluding hydrogens is 224 g/mol. The number of rotatable bonds is 4. The zero-order valence-corrected chi connectivity index (χ0v) is 11.0. The summed E-state index contributed by atoms with van der Waals surface area (Å²) in [4.78, 5) is 11.9. The van der Waals surface area contributed by atoms with Gasteiger partial charge in [-0.25, -0.2) is 0 Å². The number of hydrogen-bond acceptors (Lipinski definition) is 2. The van der Waals surface area contributed by atoms with Gasteiger partial charge in [-0.2, -0.15) is 0 Å². The lowest BCUT2D eigenvalue weighted by atomic mass is 10.0. The second-order valence-corrected chi connectivity index (χ2v) is 5.03. The van der Waals surface area contributed by atoms with Crippen LogP contribution in [-0.4, -0.2) is 25.0 Å². The van der Waals surface area contributed by atoms with E-state index >= 15 is 0 Å². The van der Waals surface area contributed by atoms with Gasteiger partial charge in [0.1, 0.15) is 0 Å². The molecule has 0 radical (unpaired) electrons. The van der Waals surface area contributed by atoms with Gasteiger partial charge in [-0.15, -0.1) is 0 Å². The van der Waals surface area contributed by atoms with E-state index in [-0.39, 0.29) is 11.9 Å². The Labute approximate surface area is 109 Å². The summed E-state index contributed by atoms with van der Waals surface area (Å²) in [6.07, 6.45) is 4.21. The monoisotopic (exact) mass is 246 g/mol. The van der Waals surface area contributed by atoms with Crippen molar-refractivity contribution < 1.29 is 4.79 Å². The van der Waals surface area contributed by atoms with E-state index in [0.29, 0.717) is 0 Å². The molecule has 0 aromatic heterocycles. The van der Waals surface area contributed by atoms with Gasteiger partial charge in [-0.05, 0) is 38.3 Å². The Morgan fingerprint density at radius 2 is 2.33 bits per heavy atom. The first-order valence-electron chi connectivity index (χ1n) is 6.82. The number of nitrogens with one attached hydrogen (secondary N) is 2. The fourth-order valence-electron chi connectivity index (χ4n) is 2.40. The second kappa shape index (κ2) is 6.55. The van der Waals surface area contributed by atoms with Gasteiger partial charge >= 0.3 is 0 Å². The first-order chi connectivity index (χ1) is 8.75. The second-order valence-electron chi connectivity index (χ2n) is 5.03. The summed E-state index contributed by atoms with van der Waals surface area (Å²) in [5.74, 6) is 0.155. The number of aryl methyl sites for hydroxylation is 1. The van der Waals surface area contributed by atoms with Gasteiger partial charge in [0.2, 0.25) is 5.91 Å². The molecular formula is C15H22N2O. The maximum atomic E-state index is 11.9. The van der Waals surface area contributed by atoms with E-state index < -0.39 is 0 Å². The predicted molar refractivity (Wildman–Crippen MR) is 73.5 cm³/mol. The van der Waals surface area contributed by atoms with Crippen molar-refractivity contribution in [2.75, 3.05) is 13.1 Å². The number of benzene rings is 1. The van der Waals surface area contributed by atoms with Crippen molar-refractivity contribution in [3.63, 3.8) is 0 Å². The van der Waals surface area contributed by atoms with Gasteiger partial charge in [0, 0.05) is 6.54 Å². The molecule has 2 N–H and O–H groups in total. The van der Waals surface area contributed by atoms with Crippen LogP contribution in [0, 0.1) is 6.92 Å². The molecule has 18 heavy (non-hydrogen) atoms. The average molecular weight is 246 g/mol. The Bertz CT molecular complexity index is 397. The minimum absolute atomic E-state index is 0.0243. The van der Waals surface area contributed by atoms with Crippen LogP contribution in [0.25, 0.3) is 0 Å². The Morgan fingerprint density at radius 1 is 1.44 bits per heavy atom. The zero-order valence-electron chi connectivity index (χ0n) is 11.0. The molecule has 98 valence electrons. The molecule has 0 unspecified atom stereocenters. The lowest BCUT2D eigenvalue weighted by Gasteiger charge is -2.22. The van der Waals surface area contributed by atoms with Crippen LogP contribution in [0.5, 0.6) is 0 Å². The van der Waals surface area contributed by atoms with Crippen LogP contribution < -0.4 is 10.6 Å². The molecule has 0 spiro atoms. The number of piperidine rings is 1. The van der Waals surface area contributed by atoms with Crippen molar-refractivity contribution in [3.8, 4) is 0 Å². The van der Waals surface area contributed by atoms with Crippen LogP contribution in [-0.2, 0) is 11.2 Å². The summed E-state index contributed by atoms with van der Waals surface area (Å²) < 4.78 is 0. The van der Waals surface area contributed by atoms with Crippen LogP contribution in [0.1, 0.15) is 30.4 Å². The lowest BCUT2D eigenvalue weighted by molar-refractivity contribution is -0.123. The first kappa shape index (κ1) is 13.1. The van der Waals surface area contributed by atoms with E-state index in [1.807, 2.05) is 0 Å². The maximum absolute atomic E-state index is 11.9. The van der Waals surface area contributed by atoms with E-state index in [1.165, 1.54) is 17.5 Å². The molecule has 3 nitrogen and oxygen atoms in total. The molecule has 1 aromatic rings. The maximum Gasteiger partial charge on any atom is 0.237 e. The van der Waals surface area contributed by atoms with Crippen molar-refractivity contribution in [1.82, 2.24) is 10.6 Å². The quantitative estimate of drug-likeness (QED) is 0.850. The molecule has 1 amide bonds. The molecule has 3 heteroatoms. The van der Waals surface area contributed by atoms with Crippen molar-refractivity contribution in [2.24, 2.45) is 0 Å². The molecule has 0 bridgehead atoms. The Balaban J connectivity index is 1.73. The third-order valence-corrected chi connectivity index (χ3v) is 3.42. The van der Waals surface area contributed by atoms with Crippen LogP contribution in [0.15, 0.2) is 24.3 Å². The molecule has 1 fully saturated rings. The van der Waals surface area contributed by atoms with Crippen LogP contribution in [0.3, 0.4) is 0 Å². The minimum atomic E-state index is 0.0243. The fourth-order valence-corrected chi connectivity index (χ4v) is 2.40. The van der Waals surface area contributed by atoms with Crippen molar-refractivity contribution in [2.45, 2.75) is 38.6 Å². The van der Waals surface area contributed by atoms with E-state index in [9.17, 15) is 4.79 Å². The van der Waals surface area contributed by atoms with Gasteiger partial charge in [-0.1, -0.05) is 36.2 Å². The normalized spacial score (nSPS) is 19.5. The molecule has 1 heterocycles. The number of carbonyl (C=O) groups is 1. The highest BCUT2D eigenvalue weighted by atomic mass is 16.2. The van der Waals surface area contributed by atoms with Crippen LogP contribution in [0.4, 0.5) is 0 Å². The molecule has 1 aliphatic heterocycles. The van der Waals surface area contributed by atoms with E-state index in [0.717, 1.165) is 32.4 Å². The highest BCUT2D eigenvalue weighted by Gasteiger charge is 2.19. The molecule has 1 saturated heterocycles. The summed E-state index contributed by atoms with van der Waals surface area (Å²) in [5.41, 5.74) is 2.56. The minimum Gasteiger partial charge on any atom is -0.354 e. The largest absolute Gasteiger partial charge is 0.354 e. The SMILES string of the molecule is Cc1cccc(CCNC(=O)[C@H]2CCCCN2)c1. The fraction of sp³-hybridized carbons (Fsp3) is 0.533. The molecule has 1 atom stereocenters. The predicted octanol–water partition coefficient (Wildman–Crippen LogP) is 1.80. The van der Waals surface area contributed by atoms with E-state index in [2.05, 4.69) is 41.8 Å². The summed E-state index contributed by atoms with van der Waals surface area (Å²) >= 11 is 0. The smallest absolute Gasteiger partial charge is 0.237 e. The molecule has 2 rings (SSSR count). The molecule has 0 saturated carbocycles. The third kappa shape index (κ3) is 3.84. The summed E-state index contributed by atoms with van der Waals surface area (Å²) in [6, 6.07) is 8.46. The van der Waals surface area contributed by atoms with Crippen LogP contribution >= 0.6 is 0 Å². The van der Waals surface area contributed by atoms with Crippen molar-refractivity contribution >= 4 is 5.91 Å². The number of amides is 1. The Morgan fingerprint density at radius 3 is 3.06 bits per heavy atom. The van der Waals surface area contributed by atoms with Crippen molar-refractivity contribution in [3.05, 3.63) is 35.4 Å².